The molecule has 0 unspecified atom stereocenters. The Morgan fingerprint density at radius 2 is 1.53 bits per heavy atom. The van der Waals surface area contributed by atoms with E-state index in [1.165, 1.54) is 5.57 Å². The minimum absolute atomic E-state index is 0.0793. The maximum absolute atomic E-state index is 12.5. The molecule has 0 amide bonds. The average Bonchev–Trinajstić information content (AvgIpc) is 2.26. The van der Waals surface area contributed by atoms with E-state index >= 15 is 0 Å². The van der Waals surface area contributed by atoms with Gasteiger partial charge in [0.15, 0.2) is 0 Å². The molecule has 0 bridgehead atoms. The first-order valence-electron chi connectivity index (χ1n) is 6.43. The third kappa shape index (κ3) is 9.54. The van der Waals surface area contributed by atoms with Gasteiger partial charge in [-0.05, 0) is 46.5 Å². The van der Waals surface area contributed by atoms with Gasteiger partial charge in [-0.1, -0.05) is 29.4 Å². The Kier molecular flexibility index (Phi) is 8.48. The van der Waals surface area contributed by atoms with Crippen molar-refractivity contribution >= 4 is 0 Å². The molecule has 0 spiro atoms. The number of hydrogen-bond donors (Lipinski definition) is 1. The quantitative estimate of drug-likeness (QED) is 0.653. The zero-order valence-corrected chi connectivity index (χ0v) is 11.8. The molecule has 0 aliphatic rings. The molecule has 4 heteroatoms. The summed E-state index contributed by atoms with van der Waals surface area (Å²) in [4.78, 5) is 0. The monoisotopic (exact) mass is 276 g/mol. The Balaban J connectivity index is 4.25. The highest BCUT2D eigenvalue weighted by atomic mass is 19.4. The van der Waals surface area contributed by atoms with Crippen molar-refractivity contribution in [1.82, 2.24) is 0 Å². The van der Waals surface area contributed by atoms with Gasteiger partial charge < -0.3 is 5.11 Å². The Morgan fingerprint density at radius 1 is 0.947 bits per heavy atom. The summed E-state index contributed by atoms with van der Waals surface area (Å²) in [6.45, 7) is 5.41. The molecule has 0 saturated carbocycles. The number of hydrogen-bond acceptors (Lipinski definition) is 1. The first-order chi connectivity index (χ1) is 8.77. The molecule has 0 aromatic heterocycles. The molecule has 0 aliphatic carbocycles. The van der Waals surface area contributed by atoms with Crippen LogP contribution in [0.4, 0.5) is 13.2 Å². The van der Waals surface area contributed by atoms with Crippen LogP contribution >= 0.6 is 0 Å². The van der Waals surface area contributed by atoms with E-state index in [1.807, 2.05) is 26.8 Å². The fourth-order valence-electron chi connectivity index (χ4n) is 1.63. The lowest BCUT2D eigenvalue weighted by Gasteiger charge is -2.10. The molecular weight excluding hydrogens is 253 g/mol. The predicted molar refractivity (Wildman–Crippen MR) is 72.9 cm³/mol. The molecule has 0 rings (SSSR count). The number of aliphatic hydroxyl groups excluding tert-OH is 1. The number of halogens is 3. The van der Waals surface area contributed by atoms with Crippen molar-refractivity contribution in [3.05, 3.63) is 34.9 Å². The van der Waals surface area contributed by atoms with Crippen LogP contribution in [0.25, 0.3) is 0 Å². The minimum Gasteiger partial charge on any atom is -0.392 e. The fourth-order valence-corrected chi connectivity index (χ4v) is 1.63. The molecule has 0 radical (unpaired) electrons. The molecule has 0 aromatic carbocycles. The SMILES string of the molecule is CC(C)=CCCC(C)=CCCC(=CCO)C(F)(F)F. The normalized spacial score (nSPS) is 13.6. The van der Waals surface area contributed by atoms with Crippen molar-refractivity contribution in [2.24, 2.45) is 0 Å². The van der Waals surface area contributed by atoms with E-state index in [2.05, 4.69) is 6.08 Å². The van der Waals surface area contributed by atoms with Gasteiger partial charge in [0.05, 0.1) is 6.61 Å². The molecule has 0 saturated heterocycles. The van der Waals surface area contributed by atoms with Crippen molar-refractivity contribution in [1.29, 1.82) is 0 Å². The van der Waals surface area contributed by atoms with E-state index < -0.39 is 18.4 Å². The summed E-state index contributed by atoms with van der Waals surface area (Å²) in [7, 11) is 0. The summed E-state index contributed by atoms with van der Waals surface area (Å²) in [5.74, 6) is 0. The minimum atomic E-state index is -4.34. The number of rotatable bonds is 7. The molecule has 0 heterocycles. The highest BCUT2D eigenvalue weighted by Crippen LogP contribution is 2.29. The number of alkyl halides is 3. The summed E-state index contributed by atoms with van der Waals surface area (Å²) in [5.41, 5.74) is 1.70. The summed E-state index contributed by atoms with van der Waals surface area (Å²) in [6, 6.07) is 0. The molecular formula is C15H23F3O. The molecule has 0 atom stereocenters. The van der Waals surface area contributed by atoms with Gasteiger partial charge in [0.1, 0.15) is 0 Å². The average molecular weight is 276 g/mol. The summed E-state index contributed by atoms with van der Waals surface area (Å²) in [5, 5.41) is 8.58. The lowest BCUT2D eigenvalue weighted by atomic mass is 10.1. The Hall–Kier alpha value is -1.03. The Morgan fingerprint density at radius 3 is 2.00 bits per heavy atom. The summed E-state index contributed by atoms with van der Waals surface area (Å²) >= 11 is 0. The van der Waals surface area contributed by atoms with Crippen LogP contribution in [0.3, 0.4) is 0 Å². The first kappa shape index (κ1) is 18.0. The smallest absolute Gasteiger partial charge is 0.392 e. The van der Waals surface area contributed by atoms with Crippen LogP contribution in [-0.2, 0) is 0 Å². The number of allylic oxidation sites excluding steroid dienone is 5. The van der Waals surface area contributed by atoms with Crippen LogP contribution in [0.1, 0.15) is 46.5 Å². The third-order valence-electron chi connectivity index (χ3n) is 2.70. The maximum Gasteiger partial charge on any atom is 0.412 e. The molecule has 0 aromatic rings. The Bertz CT molecular complexity index is 345. The highest BCUT2D eigenvalue weighted by Gasteiger charge is 2.32. The van der Waals surface area contributed by atoms with Gasteiger partial charge in [-0.3, -0.25) is 0 Å². The molecule has 0 fully saturated rings. The van der Waals surface area contributed by atoms with E-state index in [4.69, 9.17) is 5.11 Å². The summed E-state index contributed by atoms with van der Waals surface area (Å²) in [6.07, 6.45) is 2.52. The molecule has 110 valence electrons. The van der Waals surface area contributed by atoms with Gasteiger partial charge in [0.25, 0.3) is 0 Å². The van der Waals surface area contributed by atoms with Crippen LogP contribution in [0, 0.1) is 0 Å². The lowest BCUT2D eigenvalue weighted by Crippen LogP contribution is -2.12. The van der Waals surface area contributed by atoms with Crippen molar-refractivity contribution < 1.29 is 18.3 Å². The van der Waals surface area contributed by atoms with E-state index in [0.717, 1.165) is 24.5 Å². The second-order valence-corrected chi connectivity index (χ2v) is 4.82. The van der Waals surface area contributed by atoms with Gasteiger partial charge in [-0.15, -0.1) is 0 Å². The standard InChI is InChI=1S/C15H23F3O/c1-12(2)6-4-7-13(3)8-5-9-14(10-11-19)15(16,17)18/h6,8,10,19H,4-5,7,9,11H2,1-3H3. The van der Waals surface area contributed by atoms with Crippen molar-refractivity contribution in [3.8, 4) is 0 Å². The molecule has 1 N–H and O–H groups in total. The van der Waals surface area contributed by atoms with Gasteiger partial charge in [-0.2, -0.15) is 13.2 Å². The van der Waals surface area contributed by atoms with Crippen LogP contribution in [0.5, 0.6) is 0 Å². The van der Waals surface area contributed by atoms with Crippen LogP contribution in [0.15, 0.2) is 34.9 Å². The van der Waals surface area contributed by atoms with Crippen molar-refractivity contribution in [2.75, 3.05) is 6.61 Å². The van der Waals surface area contributed by atoms with Gasteiger partial charge in [-0.25, -0.2) is 0 Å². The highest BCUT2D eigenvalue weighted by molar-refractivity contribution is 5.11. The zero-order chi connectivity index (χ0) is 14.9. The van der Waals surface area contributed by atoms with E-state index in [0.29, 0.717) is 6.42 Å². The van der Waals surface area contributed by atoms with Gasteiger partial charge >= 0.3 is 6.18 Å². The predicted octanol–water partition coefficient (Wildman–Crippen LogP) is 4.94. The van der Waals surface area contributed by atoms with Crippen LogP contribution < -0.4 is 0 Å². The second-order valence-electron chi connectivity index (χ2n) is 4.82. The Labute approximate surface area is 113 Å². The van der Waals surface area contributed by atoms with Crippen molar-refractivity contribution in [2.45, 2.75) is 52.6 Å². The molecule has 19 heavy (non-hydrogen) atoms. The third-order valence-corrected chi connectivity index (χ3v) is 2.70. The van der Waals surface area contributed by atoms with E-state index in [1.54, 1.807) is 0 Å². The fraction of sp³-hybridized carbons (Fsp3) is 0.600. The van der Waals surface area contributed by atoms with E-state index in [9.17, 15) is 13.2 Å². The topological polar surface area (TPSA) is 20.2 Å². The second kappa shape index (κ2) is 8.97. The first-order valence-corrected chi connectivity index (χ1v) is 6.43. The van der Waals surface area contributed by atoms with Gasteiger partial charge in [0, 0.05) is 5.57 Å². The summed E-state index contributed by atoms with van der Waals surface area (Å²) < 4.78 is 37.5. The molecule has 1 nitrogen and oxygen atoms in total. The maximum atomic E-state index is 12.5. The zero-order valence-electron chi connectivity index (χ0n) is 11.8. The van der Waals surface area contributed by atoms with E-state index in [-0.39, 0.29) is 6.42 Å². The van der Waals surface area contributed by atoms with Gasteiger partial charge in [0.2, 0.25) is 0 Å². The largest absolute Gasteiger partial charge is 0.412 e. The van der Waals surface area contributed by atoms with Crippen molar-refractivity contribution in [3.63, 3.8) is 0 Å². The van der Waals surface area contributed by atoms with Crippen LogP contribution in [-0.4, -0.2) is 17.9 Å². The lowest BCUT2D eigenvalue weighted by molar-refractivity contribution is -0.0943. The number of aliphatic hydroxyl groups is 1. The van der Waals surface area contributed by atoms with Crippen LogP contribution in [0.2, 0.25) is 0 Å². The molecule has 0 aliphatic heterocycles.